The van der Waals surface area contributed by atoms with Gasteiger partial charge in [0, 0.05) is 17.6 Å². The third-order valence-corrected chi connectivity index (χ3v) is 4.72. The van der Waals surface area contributed by atoms with Gasteiger partial charge in [-0.25, -0.2) is 0 Å². The largest absolute Gasteiger partial charge is 0.496 e. The van der Waals surface area contributed by atoms with Crippen molar-refractivity contribution in [2.75, 3.05) is 7.11 Å². The van der Waals surface area contributed by atoms with Crippen molar-refractivity contribution >= 4 is 0 Å². The van der Waals surface area contributed by atoms with Crippen LogP contribution in [0.2, 0.25) is 0 Å². The summed E-state index contributed by atoms with van der Waals surface area (Å²) in [5, 5.41) is 3.79. The van der Waals surface area contributed by atoms with Crippen LogP contribution in [-0.2, 0) is 0 Å². The fraction of sp³-hybridized carbons (Fsp3) is 0.667. The Hall–Kier alpha value is -1.02. The summed E-state index contributed by atoms with van der Waals surface area (Å²) in [4.78, 5) is 0. The number of ether oxygens (including phenoxy) is 1. The van der Waals surface area contributed by atoms with Crippen LogP contribution >= 0.6 is 0 Å². The van der Waals surface area contributed by atoms with Crippen LogP contribution in [0.15, 0.2) is 18.2 Å². The maximum absolute atomic E-state index is 5.51. The van der Waals surface area contributed by atoms with Crippen molar-refractivity contribution < 1.29 is 4.74 Å². The van der Waals surface area contributed by atoms with E-state index in [0.717, 1.165) is 11.7 Å². The molecule has 0 aliphatic heterocycles. The Morgan fingerprint density at radius 2 is 1.85 bits per heavy atom. The molecule has 0 radical (unpaired) electrons. The predicted molar refractivity (Wildman–Crippen MR) is 85.3 cm³/mol. The van der Waals surface area contributed by atoms with Crippen LogP contribution in [0.3, 0.4) is 0 Å². The van der Waals surface area contributed by atoms with Gasteiger partial charge < -0.3 is 10.1 Å². The van der Waals surface area contributed by atoms with Crippen LogP contribution < -0.4 is 10.1 Å². The lowest BCUT2D eigenvalue weighted by atomic mass is 9.84. The fourth-order valence-corrected chi connectivity index (χ4v) is 3.45. The summed E-state index contributed by atoms with van der Waals surface area (Å²) in [6.07, 6.45) is 6.99. The lowest BCUT2D eigenvalue weighted by Crippen LogP contribution is -2.36. The minimum Gasteiger partial charge on any atom is -0.496 e. The SMILES string of the molecule is COc1ccc(C)cc1C(C)N[C@H](C)C1CCCCC1. The minimum atomic E-state index is 0.335. The molecule has 1 aliphatic rings. The van der Waals surface area contributed by atoms with Crippen molar-refractivity contribution in [2.45, 2.75) is 65.0 Å². The third-order valence-electron chi connectivity index (χ3n) is 4.72. The summed E-state index contributed by atoms with van der Waals surface area (Å²) < 4.78 is 5.51. The molecule has 0 saturated heterocycles. The quantitative estimate of drug-likeness (QED) is 0.846. The van der Waals surface area contributed by atoms with Crippen molar-refractivity contribution in [3.63, 3.8) is 0 Å². The Morgan fingerprint density at radius 1 is 1.15 bits per heavy atom. The van der Waals surface area contributed by atoms with E-state index in [1.807, 2.05) is 0 Å². The van der Waals surface area contributed by atoms with Gasteiger partial charge in [-0.2, -0.15) is 0 Å². The average Bonchev–Trinajstić information content (AvgIpc) is 2.48. The van der Waals surface area contributed by atoms with Gasteiger partial charge in [-0.1, -0.05) is 37.0 Å². The van der Waals surface area contributed by atoms with Gasteiger partial charge in [-0.05, 0) is 45.6 Å². The van der Waals surface area contributed by atoms with Crippen LogP contribution in [0, 0.1) is 12.8 Å². The van der Waals surface area contributed by atoms with Crippen molar-refractivity contribution in [1.29, 1.82) is 0 Å². The normalized spacial score (nSPS) is 19.6. The van der Waals surface area contributed by atoms with Crippen LogP contribution in [0.4, 0.5) is 0 Å². The molecule has 0 aromatic heterocycles. The van der Waals surface area contributed by atoms with Gasteiger partial charge in [-0.15, -0.1) is 0 Å². The first-order valence-electron chi connectivity index (χ1n) is 8.02. The lowest BCUT2D eigenvalue weighted by molar-refractivity contribution is 0.266. The van der Waals surface area contributed by atoms with Crippen LogP contribution in [0.5, 0.6) is 5.75 Å². The molecule has 2 atom stereocenters. The second kappa shape index (κ2) is 7.12. The van der Waals surface area contributed by atoms with Gasteiger partial charge in [0.05, 0.1) is 7.11 Å². The van der Waals surface area contributed by atoms with Crippen molar-refractivity contribution in [3.8, 4) is 5.75 Å². The van der Waals surface area contributed by atoms with E-state index in [-0.39, 0.29) is 0 Å². The molecule has 1 unspecified atom stereocenters. The Morgan fingerprint density at radius 3 is 2.50 bits per heavy atom. The second-order valence-electron chi connectivity index (χ2n) is 6.32. The molecule has 0 bridgehead atoms. The van der Waals surface area contributed by atoms with Gasteiger partial charge in [0.15, 0.2) is 0 Å². The molecule has 112 valence electrons. The molecule has 1 aromatic carbocycles. The first-order valence-corrected chi connectivity index (χ1v) is 8.02. The standard InChI is InChI=1S/C18H29NO/c1-13-10-11-18(20-4)17(12-13)15(3)19-14(2)16-8-6-5-7-9-16/h10-12,14-16,19H,5-9H2,1-4H3/t14-,15?/m1/s1. The van der Waals surface area contributed by atoms with Crippen LogP contribution in [-0.4, -0.2) is 13.2 Å². The average molecular weight is 275 g/mol. The zero-order chi connectivity index (χ0) is 14.5. The fourth-order valence-electron chi connectivity index (χ4n) is 3.45. The number of aryl methyl sites for hydroxylation is 1. The van der Waals surface area contributed by atoms with E-state index < -0.39 is 0 Å². The predicted octanol–water partition coefficient (Wildman–Crippen LogP) is 4.62. The molecule has 0 spiro atoms. The highest BCUT2D eigenvalue weighted by Gasteiger charge is 2.22. The second-order valence-corrected chi connectivity index (χ2v) is 6.32. The number of hydrogen-bond donors (Lipinski definition) is 1. The van der Waals surface area contributed by atoms with Gasteiger partial charge >= 0.3 is 0 Å². The maximum Gasteiger partial charge on any atom is 0.123 e. The van der Waals surface area contributed by atoms with Crippen molar-refractivity contribution in [3.05, 3.63) is 29.3 Å². The number of benzene rings is 1. The molecule has 1 N–H and O–H groups in total. The van der Waals surface area contributed by atoms with E-state index in [1.54, 1.807) is 7.11 Å². The molecule has 2 heteroatoms. The van der Waals surface area contributed by atoms with Crippen LogP contribution in [0.1, 0.15) is 63.1 Å². The van der Waals surface area contributed by atoms with Crippen molar-refractivity contribution in [2.24, 2.45) is 5.92 Å². The highest BCUT2D eigenvalue weighted by Crippen LogP contribution is 2.30. The molecular weight excluding hydrogens is 246 g/mol. The Bertz CT molecular complexity index is 423. The van der Waals surface area contributed by atoms with E-state index in [1.165, 1.54) is 43.2 Å². The monoisotopic (exact) mass is 275 g/mol. The van der Waals surface area contributed by atoms with E-state index in [0.29, 0.717) is 12.1 Å². The zero-order valence-electron chi connectivity index (χ0n) is 13.4. The molecule has 20 heavy (non-hydrogen) atoms. The summed E-state index contributed by atoms with van der Waals surface area (Å²) in [7, 11) is 1.76. The molecule has 0 amide bonds. The van der Waals surface area contributed by atoms with E-state index in [4.69, 9.17) is 4.74 Å². The molecule has 0 heterocycles. The molecule has 2 nitrogen and oxygen atoms in total. The Balaban J connectivity index is 2.03. The van der Waals surface area contributed by atoms with Gasteiger partial charge in [0.25, 0.3) is 0 Å². The summed E-state index contributed by atoms with van der Waals surface area (Å²) in [6.45, 7) is 6.73. The maximum atomic E-state index is 5.51. The van der Waals surface area contributed by atoms with E-state index >= 15 is 0 Å². The summed E-state index contributed by atoms with van der Waals surface area (Å²) in [5.41, 5.74) is 2.56. The molecule has 1 aromatic rings. The molecule has 2 rings (SSSR count). The van der Waals surface area contributed by atoms with Crippen LogP contribution in [0.25, 0.3) is 0 Å². The number of methoxy groups -OCH3 is 1. The lowest BCUT2D eigenvalue weighted by Gasteiger charge is -2.31. The summed E-state index contributed by atoms with van der Waals surface area (Å²) in [6, 6.07) is 7.34. The number of nitrogens with one attached hydrogen (secondary N) is 1. The van der Waals surface area contributed by atoms with Crippen molar-refractivity contribution in [1.82, 2.24) is 5.32 Å². The third kappa shape index (κ3) is 3.76. The highest BCUT2D eigenvalue weighted by atomic mass is 16.5. The summed E-state index contributed by atoms with van der Waals surface area (Å²) in [5.74, 6) is 1.83. The molecule has 1 saturated carbocycles. The summed E-state index contributed by atoms with van der Waals surface area (Å²) >= 11 is 0. The zero-order valence-corrected chi connectivity index (χ0v) is 13.4. The molecular formula is C18H29NO. The molecule has 1 fully saturated rings. The number of rotatable bonds is 5. The smallest absolute Gasteiger partial charge is 0.123 e. The Labute approximate surface area is 123 Å². The van der Waals surface area contributed by atoms with Gasteiger partial charge in [0.1, 0.15) is 5.75 Å². The topological polar surface area (TPSA) is 21.3 Å². The van der Waals surface area contributed by atoms with Gasteiger partial charge in [-0.3, -0.25) is 0 Å². The first-order chi connectivity index (χ1) is 9.61. The highest BCUT2D eigenvalue weighted by molar-refractivity contribution is 5.38. The minimum absolute atomic E-state index is 0.335. The van der Waals surface area contributed by atoms with E-state index in [2.05, 4.69) is 44.3 Å². The molecule has 1 aliphatic carbocycles. The first kappa shape index (κ1) is 15.4. The Kier molecular flexibility index (Phi) is 5.47. The van der Waals surface area contributed by atoms with Gasteiger partial charge in [0.2, 0.25) is 0 Å². The van der Waals surface area contributed by atoms with E-state index in [9.17, 15) is 0 Å². The number of hydrogen-bond acceptors (Lipinski definition) is 2.